The largest absolute Gasteiger partial charge is 0.377 e. The van der Waals surface area contributed by atoms with E-state index >= 15 is 0 Å². The minimum absolute atomic E-state index is 0.0260. The normalized spacial score (nSPS) is 25.3. The molecule has 3 aromatic rings. The van der Waals surface area contributed by atoms with E-state index in [1.807, 2.05) is 29.0 Å². The summed E-state index contributed by atoms with van der Waals surface area (Å²) >= 11 is 8.95. The lowest BCUT2D eigenvalue weighted by Crippen LogP contribution is -2.60. The molecular weight excluding hydrogens is 528 g/mol. The first kappa shape index (κ1) is 24.7. The van der Waals surface area contributed by atoms with Crippen molar-refractivity contribution >= 4 is 56.5 Å². The predicted molar refractivity (Wildman–Crippen MR) is 138 cm³/mol. The molecule has 0 bridgehead atoms. The molecule has 2 aliphatic heterocycles. The molecule has 8 nitrogen and oxygen atoms in total. The number of hydrogen-bond acceptors (Lipinski definition) is 8. The smallest absolute Gasteiger partial charge is 0.302 e. The summed E-state index contributed by atoms with van der Waals surface area (Å²) in [5.41, 5.74) is 0.0892. The van der Waals surface area contributed by atoms with Crippen molar-refractivity contribution < 1.29 is 18.3 Å². The maximum Gasteiger partial charge on any atom is 0.302 e. The zero-order valence-corrected chi connectivity index (χ0v) is 21.6. The first-order valence-electron chi connectivity index (χ1n) is 11.0. The van der Waals surface area contributed by atoms with E-state index in [0.29, 0.717) is 28.7 Å². The van der Waals surface area contributed by atoms with Crippen LogP contribution in [0.4, 0.5) is 5.82 Å². The molecule has 3 unspecified atom stereocenters. The van der Waals surface area contributed by atoms with Gasteiger partial charge in [0, 0.05) is 24.4 Å². The van der Waals surface area contributed by atoms with Crippen molar-refractivity contribution in [2.45, 2.75) is 34.8 Å². The molecule has 1 aromatic carbocycles. The number of aliphatic hydroxyl groups is 1. The summed E-state index contributed by atoms with van der Waals surface area (Å²) in [6, 6.07) is 14.0. The van der Waals surface area contributed by atoms with Crippen molar-refractivity contribution in [2.24, 2.45) is 0 Å². The molecule has 0 saturated carbocycles. The van der Waals surface area contributed by atoms with Crippen molar-refractivity contribution in [3.8, 4) is 0 Å². The lowest BCUT2D eigenvalue weighted by molar-refractivity contribution is -0.125. The molecule has 12 heteroatoms. The quantitative estimate of drug-likeness (QED) is 0.413. The van der Waals surface area contributed by atoms with Crippen LogP contribution in [0.3, 0.4) is 0 Å². The zero-order valence-electron chi connectivity index (χ0n) is 18.4. The Morgan fingerprint density at radius 1 is 1.20 bits per heavy atom. The number of nitrogens with one attached hydrogen (secondary N) is 2. The highest BCUT2D eigenvalue weighted by molar-refractivity contribution is 8.00. The molecule has 0 spiro atoms. The highest BCUT2D eigenvalue weighted by Gasteiger charge is 2.48. The fourth-order valence-electron chi connectivity index (χ4n) is 4.18. The molecule has 0 aliphatic carbocycles. The Hall–Kier alpha value is -1.99. The summed E-state index contributed by atoms with van der Waals surface area (Å²) in [4.78, 5) is 18.7. The van der Waals surface area contributed by atoms with Crippen LogP contribution < -0.4 is 10.0 Å². The van der Waals surface area contributed by atoms with Crippen LogP contribution >= 0.6 is 34.7 Å². The van der Waals surface area contributed by atoms with E-state index in [1.54, 1.807) is 30.3 Å². The molecule has 184 valence electrons. The van der Waals surface area contributed by atoms with Gasteiger partial charge in [-0.1, -0.05) is 29.8 Å². The van der Waals surface area contributed by atoms with Gasteiger partial charge in [-0.05, 0) is 53.1 Å². The number of thiophene rings is 1. The Kier molecular flexibility index (Phi) is 6.92. The highest BCUT2D eigenvalue weighted by atomic mass is 35.5. The first-order valence-corrected chi connectivity index (χ1v) is 14.6. The summed E-state index contributed by atoms with van der Waals surface area (Å²) in [6.07, 6.45) is -0.341. The summed E-state index contributed by atoms with van der Waals surface area (Å²) in [5.74, 6) is -0.0129. The molecule has 0 radical (unpaired) electrons. The van der Waals surface area contributed by atoms with E-state index in [9.17, 15) is 18.3 Å². The Morgan fingerprint density at radius 3 is 2.66 bits per heavy atom. The third-order valence-corrected chi connectivity index (χ3v) is 10.1. The number of thioether (sulfide) groups is 1. The van der Waals surface area contributed by atoms with Gasteiger partial charge in [0.25, 0.3) is 0 Å². The van der Waals surface area contributed by atoms with Crippen LogP contribution in [-0.2, 0) is 20.5 Å². The number of Topliss-reactive ketones (excluding diaryl/α,β-unsaturated/α-hetero) is 1. The van der Waals surface area contributed by atoms with E-state index in [4.69, 9.17) is 11.6 Å². The van der Waals surface area contributed by atoms with E-state index in [2.05, 4.69) is 15.0 Å². The van der Waals surface area contributed by atoms with Gasteiger partial charge < -0.3 is 5.11 Å². The van der Waals surface area contributed by atoms with Gasteiger partial charge in [0.2, 0.25) is 0 Å². The Labute approximate surface area is 216 Å². The monoisotopic (exact) mass is 550 g/mol. The highest BCUT2D eigenvalue weighted by Crippen LogP contribution is 2.42. The summed E-state index contributed by atoms with van der Waals surface area (Å²) in [7, 11) is -3.70. The number of carbonyl (C=O) groups is 1. The van der Waals surface area contributed by atoms with Gasteiger partial charge in [0.05, 0.1) is 16.3 Å². The molecule has 0 amide bonds. The van der Waals surface area contributed by atoms with Crippen LogP contribution in [0, 0.1) is 0 Å². The number of carbonyl (C=O) groups excluding carboxylic acids is 1. The maximum atomic E-state index is 13.4. The molecule has 2 aromatic heterocycles. The average molecular weight is 551 g/mol. The lowest BCUT2D eigenvalue weighted by atomic mass is 9.79. The molecule has 4 heterocycles. The number of halogens is 1. The van der Waals surface area contributed by atoms with Gasteiger partial charge in [-0.15, -0.1) is 11.8 Å². The molecule has 5 rings (SSSR count). The molecule has 3 N–H and O–H groups in total. The van der Waals surface area contributed by atoms with Crippen LogP contribution in [-0.4, -0.2) is 53.2 Å². The van der Waals surface area contributed by atoms with Crippen molar-refractivity contribution in [3.05, 3.63) is 75.6 Å². The standard InChI is InChI=1S/C23H23ClN4O4S3/c24-16-5-1-2-6-18(16)34-21-17(29)13-23(26-22(21)30,15-9-12-33-14-15)19-7-3-8-20(25-19)27-35(31,32)28-10-4-11-28/h1-3,5-9,12,14,21-22,26,30H,4,10-11,13H2,(H,25,27). The lowest BCUT2D eigenvalue weighted by Gasteiger charge is -2.42. The van der Waals surface area contributed by atoms with Crippen LogP contribution in [0.2, 0.25) is 5.02 Å². The summed E-state index contributed by atoms with van der Waals surface area (Å²) in [5, 5.41) is 17.9. The Morgan fingerprint density at radius 2 is 2.00 bits per heavy atom. The number of piperidine rings is 1. The third kappa shape index (κ3) is 4.86. The summed E-state index contributed by atoms with van der Waals surface area (Å²) in [6.45, 7) is 0.946. The SMILES string of the molecule is O=C1CC(c2ccsc2)(c2cccc(NS(=O)(=O)N3CCC3)n2)NC(O)C1Sc1ccccc1Cl. The second-order valence-electron chi connectivity index (χ2n) is 8.39. The van der Waals surface area contributed by atoms with E-state index in [0.717, 1.165) is 12.0 Å². The molecular formula is C23H23ClN4O4S3. The molecule has 2 saturated heterocycles. The number of pyridine rings is 1. The molecule has 2 aliphatic rings. The number of aliphatic hydroxyl groups excluding tert-OH is 1. The second-order valence-corrected chi connectivity index (χ2v) is 12.4. The van der Waals surface area contributed by atoms with Crippen LogP contribution in [0.15, 0.2) is 64.2 Å². The van der Waals surface area contributed by atoms with Crippen LogP contribution in [0.1, 0.15) is 24.1 Å². The minimum Gasteiger partial charge on any atom is -0.377 e. The van der Waals surface area contributed by atoms with Crippen molar-refractivity contribution in [1.29, 1.82) is 0 Å². The van der Waals surface area contributed by atoms with Crippen molar-refractivity contribution in [3.63, 3.8) is 0 Å². The zero-order chi connectivity index (χ0) is 24.6. The van der Waals surface area contributed by atoms with Gasteiger partial charge in [0.15, 0.2) is 5.78 Å². The van der Waals surface area contributed by atoms with Crippen LogP contribution in [0.25, 0.3) is 0 Å². The van der Waals surface area contributed by atoms with Crippen molar-refractivity contribution in [1.82, 2.24) is 14.6 Å². The molecule has 3 atom stereocenters. The average Bonchev–Trinajstić information content (AvgIpc) is 3.31. The van der Waals surface area contributed by atoms with E-state index in [-0.39, 0.29) is 18.0 Å². The van der Waals surface area contributed by atoms with Gasteiger partial charge in [0.1, 0.15) is 17.3 Å². The van der Waals surface area contributed by atoms with E-state index in [1.165, 1.54) is 27.4 Å². The number of hydrogen-bond donors (Lipinski definition) is 3. The maximum absolute atomic E-state index is 13.4. The van der Waals surface area contributed by atoms with Crippen LogP contribution in [0.5, 0.6) is 0 Å². The first-order chi connectivity index (χ1) is 16.8. The molecule has 2 fully saturated rings. The molecule has 35 heavy (non-hydrogen) atoms. The van der Waals surface area contributed by atoms with Gasteiger partial charge in [-0.25, -0.2) is 4.98 Å². The number of benzene rings is 1. The summed E-state index contributed by atoms with van der Waals surface area (Å²) < 4.78 is 29.0. The number of aromatic nitrogens is 1. The Bertz CT molecular complexity index is 1330. The fraction of sp³-hybridized carbons (Fsp3) is 0.304. The number of rotatable bonds is 7. The number of anilines is 1. The second kappa shape index (κ2) is 9.81. The van der Waals surface area contributed by atoms with Gasteiger partial charge >= 0.3 is 10.2 Å². The number of nitrogens with zero attached hydrogens (tertiary/aromatic N) is 2. The Balaban J connectivity index is 1.47. The third-order valence-electron chi connectivity index (χ3n) is 6.12. The van der Waals surface area contributed by atoms with Crippen molar-refractivity contribution in [2.75, 3.05) is 17.8 Å². The topological polar surface area (TPSA) is 112 Å². The van der Waals surface area contributed by atoms with Gasteiger partial charge in [-0.2, -0.15) is 24.1 Å². The predicted octanol–water partition coefficient (Wildman–Crippen LogP) is 3.44. The van der Waals surface area contributed by atoms with Gasteiger partial charge in [-0.3, -0.25) is 14.8 Å². The fourth-order valence-corrected chi connectivity index (χ4v) is 7.45. The van der Waals surface area contributed by atoms with E-state index < -0.39 is 27.2 Å². The number of ketones is 1. The minimum atomic E-state index is -3.70.